The molecule has 1 aromatic heterocycles. The molecular formula is C16H26N4. The van der Waals surface area contributed by atoms with Gasteiger partial charge in [0.2, 0.25) is 5.95 Å². The van der Waals surface area contributed by atoms with E-state index in [1.165, 1.54) is 24.8 Å². The SMILES string of the molecule is Cc1nc(N2CC3CCCC3C2)ncc1CNC(C)C. The average molecular weight is 274 g/mol. The summed E-state index contributed by atoms with van der Waals surface area (Å²) in [7, 11) is 0. The average Bonchev–Trinajstić information content (AvgIpc) is 2.97. The first-order valence-electron chi connectivity index (χ1n) is 7.94. The van der Waals surface area contributed by atoms with Crippen molar-refractivity contribution in [2.75, 3.05) is 18.0 Å². The summed E-state index contributed by atoms with van der Waals surface area (Å²) < 4.78 is 0. The van der Waals surface area contributed by atoms with Crippen molar-refractivity contribution in [2.45, 2.75) is 52.6 Å². The molecule has 0 amide bonds. The Morgan fingerprint density at radius 3 is 2.60 bits per heavy atom. The van der Waals surface area contributed by atoms with Crippen LogP contribution in [-0.2, 0) is 6.54 Å². The van der Waals surface area contributed by atoms with Gasteiger partial charge in [0, 0.05) is 43.1 Å². The van der Waals surface area contributed by atoms with Gasteiger partial charge in [-0.15, -0.1) is 0 Å². The molecule has 1 saturated heterocycles. The van der Waals surface area contributed by atoms with E-state index in [2.05, 4.69) is 36.0 Å². The molecule has 1 aliphatic carbocycles. The molecular weight excluding hydrogens is 248 g/mol. The number of rotatable bonds is 4. The van der Waals surface area contributed by atoms with Crippen molar-refractivity contribution < 1.29 is 0 Å². The molecule has 2 aliphatic rings. The normalized spacial score (nSPS) is 25.5. The lowest BCUT2D eigenvalue weighted by molar-refractivity contribution is 0.494. The Bertz CT molecular complexity index is 460. The zero-order valence-corrected chi connectivity index (χ0v) is 12.9. The molecule has 20 heavy (non-hydrogen) atoms. The minimum atomic E-state index is 0.493. The minimum absolute atomic E-state index is 0.493. The highest BCUT2D eigenvalue weighted by Crippen LogP contribution is 2.38. The highest BCUT2D eigenvalue weighted by atomic mass is 15.3. The Morgan fingerprint density at radius 1 is 1.30 bits per heavy atom. The van der Waals surface area contributed by atoms with Crippen molar-refractivity contribution in [3.8, 4) is 0 Å². The van der Waals surface area contributed by atoms with E-state index in [4.69, 9.17) is 4.98 Å². The van der Waals surface area contributed by atoms with Gasteiger partial charge in [0.25, 0.3) is 0 Å². The number of hydrogen-bond donors (Lipinski definition) is 1. The van der Waals surface area contributed by atoms with Crippen molar-refractivity contribution in [3.63, 3.8) is 0 Å². The van der Waals surface area contributed by atoms with Crippen molar-refractivity contribution >= 4 is 5.95 Å². The van der Waals surface area contributed by atoms with E-state index < -0.39 is 0 Å². The number of aryl methyl sites for hydroxylation is 1. The summed E-state index contributed by atoms with van der Waals surface area (Å²) in [5, 5.41) is 3.43. The van der Waals surface area contributed by atoms with Gasteiger partial charge in [-0.25, -0.2) is 9.97 Å². The van der Waals surface area contributed by atoms with Gasteiger partial charge in [0.1, 0.15) is 0 Å². The number of nitrogens with zero attached hydrogens (tertiary/aromatic N) is 3. The van der Waals surface area contributed by atoms with Crippen LogP contribution in [0.2, 0.25) is 0 Å². The van der Waals surface area contributed by atoms with Crippen LogP contribution in [0.3, 0.4) is 0 Å². The minimum Gasteiger partial charge on any atom is -0.340 e. The fraction of sp³-hybridized carbons (Fsp3) is 0.750. The highest BCUT2D eigenvalue weighted by molar-refractivity contribution is 5.35. The van der Waals surface area contributed by atoms with Crippen molar-refractivity contribution in [2.24, 2.45) is 11.8 Å². The molecule has 0 bridgehead atoms. The second-order valence-electron chi connectivity index (χ2n) is 6.67. The number of anilines is 1. The van der Waals surface area contributed by atoms with E-state index in [0.29, 0.717) is 6.04 Å². The molecule has 2 unspecified atom stereocenters. The van der Waals surface area contributed by atoms with Gasteiger partial charge in [-0.1, -0.05) is 20.3 Å². The first-order valence-corrected chi connectivity index (χ1v) is 7.94. The van der Waals surface area contributed by atoms with Gasteiger partial charge < -0.3 is 10.2 Å². The molecule has 2 fully saturated rings. The second-order valence-corrected chi connectivity index (χ2v) is 6.67. The molecule has 110 valence electrons. The molecule has 4 nitrogen and oxygen atoms in total. The van der Waals surface area contributed by atoms with Crippen molar-refractivity contribution in [3.05, 3.63) is 17.5 Å². The van der Waals surface area contributed by atoms with Crippen LogP contribution >= 0.6 is 0 Å². The van der Waals surface area contributed by atoms with Crippen LogP contribution in [0.4, 0.5) is 5.95 Å². The summed E-state index contributed by atoms with van der Waals surface area (Å²) in [6.45, 7) is 9.59. The fourth-order valence-corrected chi connectivity index (χ4v) is 3.52. The third-order valence-electron chi connectivity index (χ3n) is 4.78. The summed E-state index contributed by atoms with van der Waals surface area (Å²) in [4.78, 5) is 11.7. The molecule has 1 N–H and O–H groups in total. The summed E-state index contributed by atoms with van der Waals surface area (Å²) in [6.07, 6.45) is 6.22. The largest absolute Gasteiger partial charge is 0.340 e. The number of fused-ring (bicyclic) bond motifs is 1. The Kier molecular flexibility index (Phi) is 3.92. The molecule has 2 atom stereocenters. The maximum atomic E-state index is 4.74. The van der Waals surface area contributed by atoms with Crippen LogP contribution in [0, 0.1) is 18.8 Å². The van der Waals surface area contributed by atoms with Crippen LogP contribution in [0.1, 0.15) is 44.4 Å². The molecule has 1 aromatic rings. The standard InChI is InChI=1S/C16H26N4/c1-11(2)17-7-15-8-18-16(19-12(15)3)20-9-13-5-4-6-14(13)10-20/h8,11,13-14,17H,4-7,9-10H2,1-3H3. The lowest BCUT2D eigenvalue weighted by Gasteiger charge is -2.18. The van der Waals surface area contributed by atoms with E-state index in [1.54, 1.807) is 0 Å². The first kappa shape index (κ1) is 13.8. The number of nitrogens with one attached hydrogen (secondary N) is 1. The van der Waals surface area contributed by atoms with Crippen molar-refractivity contribution in [1.82, 2.24) is 15.3 Å². The van der Waals surface area contributed by atoms with Gasteiger partial charge >= 0.3 is 0 Å². The highest BCUT2D eigenvalue weighted by Gasteiger charge is 2.37. The topological polar surface area (TPSA) is 41.1 Å². The predicted molar refractivity (Wildman–Crippen MR) is 81.8 cm³/mol. The Labute approximate surface area is 122 Å². The molecule has 1 saturated carbocycles. The zero-order valence-electron chi connectivity index (χ0n) is 12.9. The fourth-order valence-electron chi connectivity index (χ4n) is 3.52. The Balaban J connectivity index is 1.68. The van der Waals surface area contributed by atoms with Crippen LogP contribution in [0.15, 0.2) is 6.20 Å². The van der Waals surface area contributed by atoms with Crippen LogP contribution < -0.4 is 10.2 Å². The maximum Gasteiger partial charge on any atom is 0.225 e. The first-order chi connectivity index (χ1) is 9.63. The molecule has 3 rings (SSSR count). The molecule has 1 aliphatic heterocycles. The zero-order chi connectivity index (χ0) is 14.1. The predicted octanol–water partition coefficient (Wildman–Crippen LogP) is 2.52. The van der Waals surface area contributed by atoms with Crippen molar-refractivity contribution in [1.29, 1.82) is 0 Å². The number of hydrogen-bond acceptors (Lipinski definition) is 4. The van der Waals surface area contributed by atoms with E-state index in [1.807, 2.05) is 6.20 Å². The summed E-state index contributed by atoms with van der Waals surface area (Å²) in [5.74, 6) is 2.72. The monoisotopic (exact) mass is 274 g/mol. The van der Waals surface area contributed by atoms with Crippen LogP contribution in [0.25, 0.3) is 0 Å². The molecule has 0 spiro atoms. The third kappa shape index (κ3) is 2.80. The molecule has 2 heterocycles. The smallest absolute Gasteiger partial charge is 0.225 e. The molecule has 4 heteroatoms. The van der Waals surface area contributed by atoms with Gasteiger partial charge in [-0.2, -0.15) is 0 Å². The molecule has 0 aromatic carbocycles. The summed E-state index contributed by atoms with van der Waals surface area (Å²) in [6, 6.07) is 0.493. The maximum absolute atomic E-state index is 4.74. The van der Waals surface area contributed by atoms with Gasteiger partial charge in [0.15, 0.2) is 0 Å². The lowest BCUT2D eigenvalue weighted by Crippen LogP contribution is -2.25. The molecule has 0 radical (unpaired) electrons. The van der Waals surface area contributed by atoms with Gasteiger partial charge in [0.05, 0.1) is 0 Å². The van der Waals surface area contributed by atoms with E-state index in [-0.39, 0.29) is 0 Å². The second kappa shape index (κ2) is 5.68. The van der Waals surface area contributed by atoms with Gasteiger partial charge in [-0.3, -0.25) is 0 Å². The Hall–Kier alpha value is -1.16. The van der Waals surface area contributed by atoms with E-state index in [9.17, 15) is 0 Å². The summed E-state index contributed by atoms with van der Waals surface area (Å²) in [5.41, 5.74) is 2.32. The summed E-state index contributed by atoms with van der Waals surface area (Å²) >= 11 is 0. The Morgan fingerprint density at radius 2 is 2.00 bits per heavy atom. The van der Waals surface area contributed by atoms with E-state index in [0.717, 1.165) is 43.1 Å². The van der Waals surface area contributed by atoms with Crippen LogP contribution in [0.5, 0.6) is 0 Å². The quantitative estimate of drug-likeness (QED) is 0.916. The lowest BCUT2D eigenvalue weighted by atomic mass is 10.0. The van der Waals surface area contributed by atoms with E-state index >= 15 is 0 Å². The van der Waals surface area contributed by atoms with Gasteiger partial charge in [-0.05, 0) is 31.6 Å². The number of aromatic nitrogens is 2. The van der Waals surface area contributed by atoms with Crippen LogP contribution in [-0.4, -0.2) is 29.1 Å². The third-order valence-corrected chi connectivity index (χ3v) is 4.78.